The average Bonchev–Trinajstić information content (AvgIpc) is 2.49. The molecule has 0 saturated carbocycles. The number of hydroxylamine groups is 1. The Morgan fingerprint density at radius 3 is 2.33 bits per heavy atom. The Kier molecular flexibility index (Phi) is 6.90. The minimum absolute atomic E-state index is 0.0845. The molecule has 4 N–H and O–H groups in total. The number of amides is 2. The molecule has 0 radical (unpaired) electrons. The number of aliphatic carboxylic acids is 1. The lowest BCUT2D eigenvalue weighted by molar-refractivity contribution is -0.139. The normalized spacial score (nSPS) is 11.5. The molecule has 7 heteroatoms. The van der Waals surface area contributed by atoms with Gasteiger partial charge >= 0.3 is 5.97 Å². The Morgan fingerprint density at radius 1 is 1.10 bits per heavy atom. The van der Waals surface area contributed by atoms with E-state index >= 15 is 0 Å². The number of carbonyl (C=O) groups is 3. The van der Waals surface area contributed by atoms with Crippen LogP contribution in [0, 0.1) is 0 Å². The molecule has 1 atom stereocenters. The lowest BCUT2D eigenvalue weighted by Gasteiger charge is -2.15. The summed E-state index contributed by atoms with van der Waals surface area (Å²) in [6.07, 6.45) is 0.321. The third-order valence-corrected chi connectivity index (χ3v) is 2.89. The van der Waals surface area contributed by atoms with Gasteiger partial charge < -0.3 is 10.4 Å². The molecule has 0 aromatic heterocycles. The molecule has 21 heavy (non-hydrogen) atoms. The first kappa shape index (κ1) is 16.6. The second-order valence-electron chi connectivity index (χ2n) is 4.51. The van der Waals surface area contributed by atoms with Crippen LogP contribution in [0.4, 0.5) is 0 Å². The van der Waals surface area contributed by atoms with E-state index in [2.05, 4.69) is 5.32 Å². The number of aryl methyl sites for hydroxylation is 1. The predicted molar refractivity (Wildman–Crippen MR) is 73.5 cm³/mol. The Hall–Kier alpha value is -2.41. The van der Waals surface area contributed by atoms with Crippen molar-refractivity contribution in [1.82, 2.24) is 10.8 Å². The van der Waals surface area contributed by atoms with E-state index in [1.54, 1.807) is 0 Å². The number of hydrogen-bond donors (Lipinski definition) is 4. The zero-order valence-corrected chi connectivity index (χ0v) is 11.4. The van der Waals surface area contributed by atoms with Crippen molar-refractivity contribution in [3.05, 3.63) is 35.9 Å². The van der Waals surface area contributed by atoms with Crippen LogP contribution in [-0.2, 0) is 20.8 Å². The first-order valence-corrected chi connectivity index (χ1v) is 6.52. The number of carboxylic acid groups (broad SMARTS) is 1. The highest BCUT2D eigenvalue weighted by atomic mass is 16.5. The SMILES string of the molecule is O=C(O)CC[C@H](NC(=O)CCc1ccccc1)C(=O)NO. The maximum absolute atomic E-state index is 11.8. The second-order valence-corrected chi connectivity index (χ2v) is 4.51. The van der Waals surface area contributed by atoms with E-state index in [-0.39, 0.29) is 25.2 Å². The van der Waals surface area contributed by atoms with Crippen molar-refractivity contribution < 1.29 is 24.7 Å². The highest BCUT2D eigenvalue weighted by Gasteiger charge is 2.21. The van der Waals surface area contributed by atoms with Gasteiger partial charge in [0, 0.05) is 12.8 Å². The molecule has 0 unspecified atom stereocenters. The smallest absolute Gasteiger partial charge is 0.303 e. The van der Waals surface area contributed by atoms with Gasteiger partial charge in [-0.2, -0.15) is 0 Å². The van der Waals surface area contributed by atoms with Crippen LogP contribution in [0.5, 0.6) is 0 Å². The third kappa shape index (κ3) is 6.53. The number of rotatable bonds is 8. The van der Waals surface area contributed by atoms with Gasteiger partial charge in [-0.3, -0.25) is 19.6 Å². The molecule has 7 nitrogen and oxygen atoms in total. The zero-order chi connectivity index (χ0) is 15.7. The van der Waals surface area contributed by atoms with Gasteiger partial charge in [-0.05, 0) is 18.4 Å². The number of benzene rings is 1. The summed E-state index contributed by atoms with van der Waals surface area (Å²) in [7, 11) is 0. The van der Waals surface area contributed by atoms with Crippen molar-refractivity contribution in [2.45, 2.75) is 31.7 Å². The van der Waals surface area contributed by atoms with Crippen LogP contribution in [0.25, 0.3) is 0 Å². The van der Waals surface area contributed by atoms with E-state index in [1.807, 2.05) is 30.3 Å². The summed E-state index contributed by atoms with van der Waals surface area (Å²) in [6, 6.07) is 8.31. The number of nitrogens with one attached hydrogen (secondary N) is 2. The summed E-state index contributed by atoms with van der Waals surface area (Å²) in [5.41, 5.74) is 2.41. The fraction of sp³-hybridized carbons (Fsp3) is 0.357. The van der Waals surface area contributed by atoms with Gasteiger partial charge in [-0.15, -0.1) is 0 Å². The van der Waals surface area contributed by atoms with Crippen molar-refractivity contribution in [2.75, 3.05) is 0 Å². The Morgan fingerprint density at radius 2 is 1.76 bits per heavy atom. The Labute approximate surface area is 121 Å². The van der Waals surface area contributed by atoms with E-state index in [0.717, 1.165) is 5.56 Å². The van der Waals surface area contributed by atoms with Crippen LogP contribution in [0.2, 0.25) is 0 Å². The van der Waals surface area contributed by atoms with Gasteiger partial charge in [0.25, 0.3) is 5.91 Å². The van der Waals surface area contributed by atoms with Gasteiger partial charge in [0.05, 0.1) is 0 Å². The molecular weight excluding hydrogens is 276 g/mol. The van der Waals surface area contributed by atoms with E-state index < -0.39 is 17.9 Å². The lowest BCUT2D eigenvalue weighted by atomic mass is 10.1. The molecular formula is C14H18N2O5. The van der Waals surface area contributed by atoms with Crippen LogP contribution in [0.15, 0.2) is 30.3 Å². The minimum Gasteiger partial charge on any atom is -0.481 e. The summed E-state index contributed by atoms with van der Waals surface area (Å²) < 4.78 is 0. The van der Waals surface area contributed by atoms with Crippen molar-refractivity contribution in [2.24, 2.45) is 0 Å². The summed E-state index contributed by atoms with van der Waals surface area (Å²) in [5, 5.41) is 19.6. The fourth-order valence-electron chi connectivity index (χ4n) is 1.78. The van der Waals surface area contributed by atoms with Crippen LogP contribution < -0.4 is 10.8 Å². The maximum atomic E-state index is 11.8. The van der Waals surface area contributed by atoms with Crippen molar-refractivity contribution in [1.29, 1.82) is 0 Å². The predicted octanol–water partition coefficient (Wildman–Crippen LogP) is 0.474. The summed E-state index contributed by atoms with van der Waals surface area (Å²) >= 11 is 0. The molecule has 0 heterocycles. The quantitative estimate of drug-likeness (QED) is 0.411. The summed E-state index contributed by atoms with van der Waals surface area (Å²) in [4.78, 5) is 33.6. The van der Waals surface area contributed by atoms with Crippen molar-refractivity contribution in [3.8, 4) is 0 Å². The van der Waals surface area contributed by atoms with Gasteiger partial charge in [0.15, 0.2) is 0 Å². The van der Waals surface area contributed by atoms with Crippen molar-refractivity contribution >= 4 is 17.8 Å². The van der Waals surface area contributed by atoms with Crippen molar-refractivity contribution in [3.63, 3.8) is 0 Å². The molecule has 0 aliphatic carbocycles. The topological polar surface area (TPSA) is 116 Å². The van der Waals surface area contributed by atoms with Crippen LogP contribution in [0.1, 0.15) is 24.8 Å². The second kappa shape index (κ2) is 8.70. The number of carbonyl (C=O) groups excluding carboxylic acids is 2. The molecule has 2 amide bonds. The van der Waals surface area contributed by atoms with E-state index in [4.69, 9.17) is 10.3 Å². The molecule has 0 aliphatic rings. The third-order valence-electron chi connectivity index (χ3n) is 2.89. The standard InChI is InChI=1S/C14H18N2O5/c17-12(8-6-10-4-2-1-3-5-10)15-11(14(20)16-21)7-9-13(18)19/h1-5,11,21H,6-9H2,(H,15,17)(H,16,20)(H,18,19)/t11-/m0/s1. The molecule has 1 rings (SSSR count). The largest absolute Gasteiger partial charge is 0.481 e. The first-order valence-electron chi connectivity index (χ1n) is 6.52. The Bertz CT molecular complexity index is 489. The molecule has 0 bridgehead atoms. The van der Waals surface area contributed by atoms with Crippen LogP contribution in [0.3, 0.4) is 0 Å². The van der Waals surface area contributed by atoms with Crippen LogP contribution >= 0.6 is 0 Å². The van der Waals surface area contributed by atoms with E-state index in [1.165, 1.54) is 5.48 Å². The van der Waals surface area contributed by atoms with Gasteiger partial charge in [0.2, 0.25) is 5.91 Å². The molecule has 1 aromatic carbocycles. The molecule has 1 aromatic rings. The van der Waals surface area contributed by atoms with E-state index in [9.17, 15) is 14.4 Å². The molecule has 0 fully saturated rings. The molecule has 0 aliphatic heterocycles. The number of hydrogen-bond acceptors (Lipinski definition) is 4. The van der Waals surface area contributed by atoms with Gasteiger partial charge in [0.1, 0.15) is 6.04 Å². The highest BCUT2D eigenvalue weighted by molar-refractivity contribution is 5.87. The maximum Gasteiger partial charge on any atom is 0.303 e. The first-order chi connectivity index (χ1) is 10.0. The average molecular weight is 294 g/mol. The van der Waals surface area contributed by atoms with Gasteiger partial charge in [-0.1, -0.05) is 30.3 Å². The van der Waals surface area contributed by atoms with Gasteiger partial charge in [-0.25, -0.2) is 5.48 Å². The van der Waals surface area contributed by atoms with Crippen LogP contribution in [-0.4, -0.2) is 34.1 Å². The lowest BCUT2D eigenvalue weighted by Crippen LogP contribution is -2.46. The molecule has 114 valence electrons. The number of carboxylic acids is 1. The van der Waals surface area contributed by atoms with E-state index in [0.29, 0.717) is 6.42 Å². The minimum atomic E-state index is -1.08. The molecule has 0 spiro atoms. The fourth-order valence-corrected chi connectivity index (χ4v) is 1.78. The summed E-state index contributed by atoms with van der Waals surface area (Å²) in [5.74, 6) is -2.29. The molecule has 0 saturated heterocycles. The highest BCUT2D eigenvalue weighted by Crippen LogP contribution is 2.04. The zero-order valence-electron chi connectivity index (χ0n) is 11.4. The summed E-state index contributed by atoms with van der Waals surface area (Å²) in [6.45, 7) is 0. The monoisotopic (exact) mass is 294 g/mol. The Balaban J connectivity index is 2.47.